The minimum absolute atomic E-state index is 0.0962. The average Bonchev–Trinajstić information content (AvgIpc) is 2.52. The standard InChI is InChI=1S/C16H22N2O2/c17-9-12-20-16-6-4-14(5-7-16)13-18-10-8-15-3-1-2-11-19-15/h4-7,15,18H,1-3,8,10-13H2. The molecule has 0 radical (unpaired) electrons. The maximum Gasteiger partial charge on any atom is 0.174 e. The zero-order valence-electron chi connectivity index (χ0n) is 11.8. The van der Waals surface area contributed by atoms with Crippen LogP contribution in [-0.2, 0) is 11.3 Å². The van der Waals surface area contributed by atoms with Crippen LogP contribution in [0.5, 0.6) is 5.75 Å². The molecule has 1 N–H and O–H groups in total. The molecule has 0 aliphatic carbocycles. The minimum Gasteiger partial charge on any atom is -0.479 e. The van der Waals surface area contributed by atoms with Gasteiger partial charge in [0.25, 0.3) is 0 Å². The van der Waals surface area contributed by atoms with Crippen molar-refractivity contribution in [3.05, 3.63) is 29.8 Å². The number of hydrogen-bond acceptors (Lipinski definition) is 4. The van der Waals surface area contributed by atoms with Gasteiger partial charge in [-0.1, -0.05) is 12.1 Å². The minimum atomic E-state index is 0.0962. The fourth-order valence-corrected chi connectivity index (χ4v) is 2.35. The van der Waals surface area contributed by atoms with Gasteiger partial charge < -0.3 is 14.8 Å². The van der Waals surface area contributed by atoms with E-state index in [9.17, 15) is 0 Å². The Balaban J connectivity index is 1.62. The fourth-order valence-electron chi connectivity index (χ4n) is 2.35. The Morgan fingerprint density at radius 3 is 2.85 bits per heavy atom. The molecule has 1 aliphatic rings. The summed E-state index contributed by atoms with van der Waals surface area (Å²) in [5.41, 5.74) is 1.22. The second-order valence-corrected chi connectivity index (χ2v) is 5.04. The van der Waals surface area contributed by atoms with Crippen molar-refractivity contribution in [1.29, 1.82) is 5.26 Å². The lowest BCUT2D eigenvalue weighted by atomic mass is 10.1. The molecule has 0 aromatic heterocycles. The van der Waals surface area contributed by atoms with E-state index in [0.29, 0.717) is 6.10 Å². The van der Waals surface area contributed by atoms with Crippen LogP contribution < -0.4 is 10.1 Å². The van der Waals surface area contributed by atoms with E-state index in [4.69, 9.17) is 14.7 Å². The molecule has 20 heavy (non-hydrogen) atoms. The molecule has 1 fully saturated rings. The average molecular weight is 274 g/mol. The summed E-state index contributed by atoms with van der Waals surface area (Å²) in [6, 6.07) is 9.81. The summed E-state index contributed by atoms with van der Waals surface area (Å²) in [4.78, 5) is 0. The van der Waals surface area contributed by atoms with Gasteiger partial charge in [0, 0.05) is 13.2 Å². The molecule has 1 saturated heterocycles. The zero-order valence-corrected chi connectivity index (χ0v) is 11.8. The first-order valence-electron chi connectivity index (χ1n) is 7.29. The van der Waals surface area contributed by atoms with Gasteiger partial charge in [0.1, 0.15) is 11.8 Å². The maximum atomic E-state index is 8.44. The van der Waals surface area contributed by atoms with Crippen molar-refractivity contribution < 1.29 is 9.47 Å². The van der Waals surface area contributed by atoms with Crippen LogP contribution in [0.15, 0.2) is 24.3 Å². The molecule has 108 valence electrons. The Morgan fingerprint density at radius 2 is 2.15 bits per heavy atom. The lowest BCUT2D eigenvalue weighted by Gasteiger charge is -2.22. The smallest absolute Gasteiger partial charge is 0.174 e. The highest BCUT2D eigenvalue weighted by Crippen LogP contribution is 2.15. The molecule has 1 unspecified atom stereocenters. The molecule has 1 atom stereocenters. The van der Waals surface area contributed by atoms with Crippen molar-refractivity contribution >= 4 is 0 Å². The van der Waals surface area contributed by atoms with E-state index < -0.39 is 0 Å². The normalized spacial score (nSPS) is 18.4. The van der Waals surface area contributed by atoms with Crippen molar-refractivity contribution in [2.24, 2.45) is 0 Å². The first-order chi connectivity index (χ1) is 9.88. The van der Waals surface area contributed by atoms with Crippen LogP contribution in [0.3, 0.4) is 0 Å². The second kappa shape index (κ2) is 8.57. The van der Waals surface area contributed by atoms with Crippen LogP contribution in [0, 0.1) is 11.3 Å². The molecule has 1 aromatic carbocycles. The summed E-state index contributed by atoms with van der Waals surface area (Å²) in [6.07, 6.45) is 5.24. The van der Waals surface area contributed by atoms with Gasteiger partial charge in [-0.3, -0.25) is 0 Å². The summed E-state index contributed by atoms with van der Waals surface area (Å²) in [5.74, 6) is 0.742. The van der Waals surface area contributed by atoms with Gasteiger partial charge in [-0.2, -0.15) is 5.26 Å². The van der Waals surface area contributed by atoms with Crippen LogP contribution in [0.4, 0.5) is 0 Å². The predicted molar refractivity (Wildman–Crippen MR) is 77.5 cm³/mol. The van der Waals surface area contributed by atoms with E-state index in [1.807, 2.05) is 30.3 Å². The molecule has 0 spiro atoms. The molecule has 1 heterocycles. The van der Waals surface area contributed by atoms with Gasteiger partial charge in [-0.15, -0.1) is 0 Å². The number of nitrogens with zero attached hydrogens (tertiary/aromatic N) is 1. The summed E-state index contributed by atoms with van der Waals surface area (Å²) in [5, 5.41) is 11.9. The van der Waals surface area contributed by atoms with Gasteiger partial charge in [0.15, 0.2) is 6.61 Å². The monoisotopic (exact) mass is 274 g/mol. The van der Waals surface area contributed by atoms with Crippen LogP contribution in [0.2, 0.25) is 0 Å². The quantitative estimate of drug-likeness (QED) is 0.777. The van der Waals surface area contributed by atoms with E-state index in [1.54, 1.807) is 0 Å². The molecule has 0 bridgehead atoms. The van der Waals surface area contributed by atoms with Crippen molar-refractivity contribution in [3.63, 3.8) is 0 Å². The molecular weight excluding hydrogens is 252 g/mol. The van der Waals surface area contributed by atoms with Crippen LogP contribution in [0.25, 0.3) is 0 Å². The van der Waals surface area contributed by atoms with Gasteiger partial charge in [0.2, 0.25) is 0 Å². The van der Waals surface area contributed by atoms with Crippen LogP contribution in [-0.4, -0.2) is 25.9 Å². The third-order valence-electron chi connectivity index (χ3n) is 3.47. The number of nitrogens with one attached hydrogen (secondary N) is 1. The third-order valence-corrected chi connectivity index (χ3v) is 3.47. The number of rotatable bonds is 7. The number of nitriles is 1. The lowest BCUT2D eigenvalue weighted by molar-refractivity contribution is 0.0115. The zero-order chi connectivity index (χ0) is 14.0. The summed E-state index contributed by atoms with van der Waals surface area (Å²) < 4.78 is 10.9. The molecule has 2 rings (SSSR count). The van der Waals surface area contributed by atoms with E-state index in [0.717, 1.165) is 31.9 Å². The largest absolute Gasteiger partial charge is 0.479 e. The van der Waals surface area contributed by atoms with E-state index in [-0.39, 0.29) is 6.61 Å². The van der Waals surface area contributed by atoms with Crippen molar-refractivity contribution in [1.82, 2.24) is 5.32 Å². The maximum absolute atomic E-state index is 8.44. The van der Waals surface area contributed by atoms with E-state index in [2.05, 4.69) is 5.32 Å². The summed E-state index contributed by atoms with van der Waals surface area (Å²) in [7, 11) is 0. The van der Waals surface area contributed by atoms with E-state index in [1.165, 1.54) is 24.8 Å². The molecule has 4 nitrogen and oxygen atoms in total. The van der Waals surface area contributed by atoms with Gasteiger partial charge in [0.05, 0.1) is 6.10 Å². The predicted octanol–water partition coefficient (Wildman–Crippen LogP) is 2.64. The first kappa shape index (κ1) is 14.8. The summed E-state index contributed by atoms with van der Waals surface area (Å²) in [6.45, 7) is 2.86. The molecule has 1 aliphatic heterocycles. The Kier molecular flexibility index (Phi) is 6.36. The van der Waals surface area contributed by atoms with E-state index >= 15 is 0 Å². The lowest BCUT2D eigenvalue weighted by Crippen LogP contribution is -2.25. The number of ether oxygens (including phenoxy) is 2. The molecule has 4 heteroatoms. The molecular formula is C16H22N2O2. The Bertz CT molecular complexity index is 419. The molecule has 1 aromatic rings. The van der Waals surface area contributed by atoms with Crippen LogP contribution >= 0.6 is 0 Å². The van der Waals surface area contributed by atoms with Gasteiger partial charge in [-0.05, 0) is 49.9 Å². The highest BCUT2D eigenvalue weighted by Gasteiger charge is 2.12. The van der Waals surface area contributed by atoms with Gasteiger partial charge in [-0.25, -0.2) is 0 Å². The van der Waals surface area contributed by atoms with Crippen LogP contribution in [0.1, 0.15) is 31.2 Å². The fraction of sp³-hybridized carbons (Fsp3) is 0.562. The summed E-state index contributed by atoms with van der Waals surface area (Å²) >= 11 is 0. The Morgan fingerprint density at radius 1 is 1.30 bits per heavy atom. The highest BCUT2D eigenvalue weighted by atomic mass is 16.5. The topological polar surface area (TPSA) is 54.3 Å². The van der Waals surface area contributed by atoms with Crippen molar-refractivity contribution in [3.8, 4) is 11.8 Å². The van der Waals surface area contributed by atoms with Crippen molar-refractivity contribution in [2.45, 2.75) is 38.3 Å². The SMILES string of the molecule is N#CCOc1ccc(CNCCC2CCCCO2)cc1. The first-order valence-corrected chi connectivity index (χ1v) is 7.29. The van der Waals surface area contributed by atoms with Gasteiger partial charge >= 0.3 is 0 Å². The van der Waals surface area contributed by atoms with Crippen molar-refractivity contribution in [2.75, 3.05) is 19.8 Å². The Labute approximate surface area is 120 Å². The Hall–Kier alpha value is -1.57. The highest BCUT2D eigenvalue weighted by molar-refractivity contribution is 5.27. The molecule has 0 saturated carbocycles. The number of benzene rings is 1. The third kappa shape index (κ3) is 5.20. The molecule has 0 amide bonds. The second-order valence-electron chi connectivity index (χ2n) is 5.04. The number of hydrogen-bond donors (Lipinski definition) is 1.